The van der Waals surface area contributed by atoms with Gasteiger partial charge in [-0.3, -0.25) is 9.78 Å². The van der Waals surface area contributed by atoms with E-state index in [0.29, 0.717) is 28.6 Å². The van der Waals surface area contributed by atoms with Crippen molar-refractivity contribution < 1.29 is 9.35 Å². The normalized spacial score (nSPS) is 11.6. The molecule has 0 radical (unpaired) electrons. The lowest BCUT2D eigenvalue weighted by Gasteiger charge is -2.21. The first-order chi connectivity index (χ1) is 12.1. The number of nitrogens with zero attached hydrogens (tertiary/aromatic N) is 6. The molecule has 1 N–H and O–H groups in total. The summed E-state index contributed by atoms with van der Waals surface area (Å²) in [5.41, 5.74) is 9.18. The third-order valence-corrected chi connectivity index (χ3v) is 5.36. The number of thiazole rings is 1. The standard InChI is InChI=1S/C14H15ClN6O2S2/c1-2-21(11(22)6-10(25-23)8-18-20-16)14-12(15)19-13(24-14)9-4-3-5-17-7-9/h3-5,7,10,23H,2,6,8H2,1H3. The Labute approximate surface area is 157 Å². The molecular formula is C14H15ClN6O2S2. The molecule has 0 aromatic carbocycles. The van der Waals surface area contributed by atoms with E-state index >= 15 is 0 Å². The van der Waals surface area contributed by atoms with Gasteiger partial charge in [0, 0.05) is 47.6 Å². The van der Waals surface area contributed by atoms with Crippen LogP contribution in [0.1, 0.15) is 13.3 Å². The van der Waals surface area contributed by atoms with Gasteiger partial charge in [0.15, 0.2) is 5.15 Å². The first-order valence-corrected chi connectivity index (χ1v) is 9.32. The highest BCUT2D eigenvalue weighted by Gasteiger charge is 2.24. The van der Waals surface area contributed by atoms with Gasteiger partial charge in [0.25, 0.3) is 0 Å². The number of azide groups is 1. The van der Waals surface area contributed by atoms with Gasteiger partial charge in [0.05, 0.1) is 0 Å². The molecule has 1 atom stereocenters. The van der Waals surface area contributed by atoms with Gasteiger partial charge in [-0.2, -0.15) is 0 Å². The molecule has 1 unspecified atom stereocenters. The minimum atomic E-state index is -0.512. The van der Waals surface area contributed by atoms with Crippen molar-refractivity contribution in [3.63, 3.8) is 0 Å². The molecule has 0 fully saturated rings. The fourth-order valence-electron chi connectivity index (χ4n) is 2.07. The summed E-state index contributed by atoms with van der Waals surface area (Å²) in [7, 11) is 0. The molecule has 1 amide bonds. The van der Waals surface area contributed by atoms with E-state index in [2.05, 4.69) is 20.0 Å². The van der Waals surface area contributed by atoms with Crippen molar-refractivity contribution in [3.8, 4) is 10.6 Å². The Hall–Kier alpha value is -1.84. The van der Waals surface area contributed by atoms with Crippen LogP contribution in [0.3, 0.4) is 0 Å². The Kier molecular flexibility index (Phi) is 7.48. The number of aromatic nitrogens is 2. The first-order valence-electron chi connectivity index (χ1n) is 7.28. The minimum Gasteiger partial charge on any atom is -0.330 e. The molecule has 2 aromatic rings. The predicted molar refractivity (Wildman–Crippen MR) is 101 cm³/mol. The van der Waals surface area contributed by atoms with Crippen molar-refractivity contribution in [3.05, 3.63) is 40.1 Å². The highest BCUT2D eigenvalue weighted by molar-refractivity contribution is 7.94. The van der Waals surface area contributed by atoms with Crippen LogP contribution in [0.25, 0.3) is 21.0 Å². The third kappa shape index (κ3) is 5.07. The average molecular weight is 399 g/mol. The molecular weight excluding hydrogens is 384 g/mol. The van der Waals surface area contributed by atoms with E-state index in [4.69, 9.17) is 17.1 Å². The fraction of sp³-hybridized carbons (Fsp3) is 0.357. The highest BCUT2D eigenvalue weighted by atomic mass is 35.5. The van der Waals surface area contributed by atoms with Gasteiger partial charge in [0.1, 0.15) is 10.0 Å². The molecule has 0 saturated carbocycles. The van der Waals surface area contributed by atoms with Crippen LogP contribution >= 0.6 is 35.0 Å². The minimum absolute atomic E-state index is 0.0183. The lowest BCUT2D eigenvalue weighted by molar-refractivity contribution is -0.118. The molecule has 11 heteroatoms. The van der Waals surface area contributed by atoms with Crippen LogP contribution in [0.15, 0.2) is 29.6 Å². The van der Waals surface area contributed by atoms with Crippen molar-refractivity contribution in [2.24, 2.45) is 5.11 Å². The van der Waals surface area contributed by atoms with Crippen molar-refractivity contribution in [1.29, 1.82) is 0 Å². The van der Waals surface area contributed by atoms with E-state index in [1.54, 1.807) is 18.5 Å². The Morgan fingerprint density at radius 3 is 3.04 bits per heavy atom. The van der Waals surface area contributed by atoms with Crippen LogP contribution in [-0.2, 0) is 4.79 Å². The number of amides is 1. The largest absolute Gasteiger partial charge is 0.330 e. The third-order valence-electron chi connectivity index (χ3n) is 3.24. The Morgan fingerprint density at radius 1 is 1.64 bits per heavy atom. The Balaban J connectivity index is 2.21. The summed E-state index contributed by atoms with van der Waals surface area (Å²) in [4.78, 5) is 25.1. The van der Waals surface area contributed by atoms with Crippen molar-refractivity contribution >= 4 is 45.9 Å². The summed E-state index contributed by atoms with van der Waals surface area (Å²) in [6.45, 7) is 2.25. The molecule has 0 aliphatic carbocycles. The maximum atomic E-state index is 12.6. The zero-order chi connectivity index (χ0) is 18.2. The zero-order valence-corrected chi connectivity index (χ0v) is 15.6. The van der Waals surface area contributed by atoms with Gasteiger partial charge < -0.3 is 9.45 Å². The zero-order valence-electron chi connectivity index (χ0n) is 13.2. The van der Waals surface area contributed by atoms with Crippen LogP contribution in [0.4, 0.5) is 5.00 Å². The number of anilines is 1. The van der Waals surface area contributed by atoms with Crippen LogP contribution in [0.5, 0.6) is 0 Å². The van der Waals surface area contributed by atoms with E-state index in [0.717, 1.165) is 5.56 Å². The van der Waals surface area contributed by atoms with Crippen molar-refractivity contribution in [2.75, 3.05) is 18.0 Å². The second kappa shape index (κ2) is 9.59. The Bertz CT molecular complexity index is 766. The number of carbonyl (C=O) groups excluding carboxylic acids is 1. The molecule has 0 aliphatic heterocycles. The lowest BCUT2D eigenvalue weighted by Crippen LogP contribution is -2.32. The summed E-state index contributed by atoms with van der Waals surface area (Å²) in [5.74, 6) is -0.231. The van der Waals surface area contributed by atoms with E-state index in [9.17, 15) is 9.35 Å². The van der Waals surface area contributed by atoms with Crippen LogP contribution in [-0.4, -0.2) is 38.8 Å². The smallest absolute Gasteiger partial charge is 0.228 e. The van der Waals surface area contributed by atoms with Gasteiger partial charge >= 0.3 is 0 Å². The summed E-state index contributed by atoms with van der Waals surface area (Å²) in [6.07, 6.45) is 3.36. The van der Waals surface area contributed by atoms with Gasteiger partial charge in [-0.25, -0.2) is 4.98 Å². The summed E-state index contributed by atoms with van der Waals surface area (Å²) in [5, 5.41) is 4.34. The lowest BCUT2D eigenvalue weighted by atomic mass is 10.2. The molecule has 25 heavy (non-hydrogen) atoms. The topological polar surface area (TPSA) is 115 Å². The molecule has 132 valence electrons. The number of pyridine rings is 1. The second-order valence-corrected chi connectivity index (χ2v) is 7.05. The number of hydrogen-bond donors (Lipinski definition) is 1. The summed E-state index contributed by atoms with van der Waals surface area (Å²) < 4.78 is 9.25. The number of halogens is 1. The second-order valence-electron chi connectivity index (χ2n) is 4.84. The summed E-state index contributed by atoms with van der Waals surface area (Å²) in [6, 6.07) is 3.66. The van der Waals surface area contributed by atoms with E-state index in [-0.39, 0.29) is 24.0 Å². The predicted octanol–water partition coefficient (Wildman–Crippen LogP) is 4.49. The SMILES string of the molecule is CCN(C(=O)CC(CN=[N+]=[N-])SO)c1sc(-c2cccnc2)nc1Cl. The van der Waals surface area contributed by atoms with Crippen LogP contribution in [0, 0.1) is 0 Å². The van der Waals surface area contributed by atoms with Gasteiger partial charge in [-0.15, -0.1) is 0 Å². The Morgan fingerprint density at radius 2 is 2.44 bits per heavy atom. The molecule has 0 saturated heterocycles. The first kappa shape index (κ1) is 19.5. The number of rotatable bonds is 8. The van der Waals surface area contributed by atoms with Crippen molar-refractivity contribution in [2.45, 2.75) is 18.6 Å². The van der Waals surface area contributed by atoms with E-state index in [1.165, 1.54) is 16.2 Å². The molecule has 8 nitrogen and oxygen atoms in total. The van der Waals surface area contributed by atoms with Gasteiger partial charge in [-0.1, -0.05) is 28.1 Å². The molecule has 2 aromatic heterocycles. The number of hydrogen-bond acceptors (Lipinski definition) is 7. The molecule has 0 aliphatic rings. The van der Waals surface area contributed by atoms with Gasteiger partial charge in [-0.05, 0) is 36.6 Å². The van der Waals surface area contributed by atoms with E-state index in [1.807, 2.05) is 13.0 Å². The highest BCUT2D eigenvalue weighted by Crippen LogP contribution is 2.37. The van der Waals surface area contributed by atoms with Crippen LogP contribution < -0.4 is 4.90 Å². The molecule has 0 bridgehead atoms. The van der Waals surface area contributed by atoms with Crippen molar-refractivity contribution in [1.82, 2.24) is 9.97 Å². The van der Waals surface area contributed by atoms with E-state index < -0.39 is 5.25 Å². The molecule has 2 heterocycles. The summed E-state index contributed by atoms with van der Waals surface area (Å²) >= 11 is 8.03. The molecule has 0 spiro atoms. The average Bonchev–Trinajstić information content (AvgIpc) is 3.01. The molecule has 2 rings (SSSR count). The quantitative estimate of drug-likeness (QED) is 0.304. The monoisotopic (exact) mass is 398 g/mol. The fourth-order valence-corrected chi connectivity index (χ4v) is 3.81. The maximum absolute atomic E-state index is 12.6. The number of carbonyl (C=O) groups is 1. The van der Waals surface area contributed by atoms with Gasteiger partial charge in [0.2, 0.25) is 5.91 Å². The van der Waals surface area contributed by atoms with Crippen LogP contribution in [0.2, 0.25) is 5.15 Å². The maximum Gasteiger partial charge on any atom is 0.228 e.